The van der Waals surface area contributed by atoms with Gasteiger partial charge in [0.25, 0.3) is 0 Å². The molecule has 0 spiro atoms. The van der Waals surface area contributed by atoms with Crippen molar-refractivity contribution in [3.8, 4) is 0 Å². The zero-order valence-electron chi connectivity index (χ0n) is 40.9. The number of unbranched alkanes of at least 4 members (excludes halogenated alkanes) is 34. The second-order valence-electron chi connectivity index (χ2n) is 19.1. The summed E-state index contributed by atoms with van der Waals surface area (Å²) in [5, 5.41) is 64.0. The van der Waals surface area contributed by atoms with Crippen molar-refractivity contribution >= 4 is 13.7 Å². The second kappa shape index (κ2) is 41.1. The van der Waals surface area contributed by atoms with Crippen LogP contribution < -0.4 is 5.32 Å². The first kappa shape index (κ1) is 61.1. The Labute approximate surface area is 390 Å². The largest absolute Gasteiger partial charge is 0.472 e. The van der Waals surface area contributed by atoms with Gasteiger partial charge in [-0.3, -0.25) is 13.8 Å². The van der Waals surface area contributed by atoms with Crippen LogP contribution in [0.1, 0.15) is 251 Å². The second-order valence-corrected chi connectivity index (χ2v) is 20.5. The Hall–Kier alpha value is -0.920. The molecule has 380 valence electrons. The van der Waals surface area contributed by atoms with E-state index in [-0.39, 0.29) is 12.3 Å². The van der Waals surface area contributed by atoms with E-state index in [0.717, 1.165) is 44.9 Å². The lowest BCUT2D eigenvalue weighted by Gasteiger charge is -2.41. The number of nitrogens with one attached hydrogen (secondary N) is 1. The van der Waals surface area contributed by atoms with E-state index in [1.807, 2.05) is 6.08 Å². The van der Waals surface area contributed by atoms with Crippen molar-refractivity contribution in [1.29, 1.82) is 0 Å². The number of allylic oxidation sites excluding steroid dienone is 1. The molecule has 0 heterocycles. The van der Waals surface area contributed by atoms with Crippen LogP contribution in [-0.2, 0) is 18.4 Å². The molecule has 13 heteroatoms. The SMILES string of the molecule is CCCCCCCCCC/C=C/[C@@H](O)[C@H](COP(=O)(O)OC1C(O)C(O)C(O)[C@@H](O)C1O)NC(=O)CCCCCCCCCCCCCCCCCCCCCCCCCCCCC. The molecule has 0 saturated heterocycles. The normalized spacial score (nSPS) is 22.2. The van der Waals surface area contributed by atoms with E-state index in [1.165, 1.54) is 186 Å². The van der Waals surface area contributed by atoms with Crippen LogP contribution in [-0.4, -0.2) is 96.8 Å². The van der Waals surface area contributed by atoms with Crippen LogP contribution in [0.2, 0.25) is 0 Å². The molecule has 0 bridgehead atoms. The minimum atomic E-state index is -5.07. The van der Waals surface area contributed by atoms with Crippen LogP contribution in [0.5, 0.6) is 0 Å². The van der Waals surface area contributed by atoms with Gasteiger partial charge in [0.1, 0.15) is 36.6 Å². The minimum absolute atomic E-state index is 0.219. The highest BCUT2D eigenvalue weighted by Gasteiger charge is 2.51. The molecule has 6 unspecified atom stereocenters. The first-order valence-electron chi connectivity index (χ1n) is 26.6. The molecule has 1 rings (SSSR count). The third-order valence-corrected chi connectivity index (χ3v) is 14.1. The molecule has 8 N–H and O–H groups in total. The molecule has 64 heavy (non-hydrogen) atoms. The maximum Gasteiger partial charge on any atom is 0.472 e. The summed E-state index contributed by atoms with van der Waals surface area (Å²) < 4.78 is 22.9. The highest BCUT2D eigenvalue weighted by atomic mass is 31.2. The van der Waals surface area contributed by atoms with Gasteiger partial charge < -0.3 is 40.8 Å². The van der Waals surface area contributed by atoms with E-state index in [0.29, 0.717) is 6.42 Å². The van der Waals surface area contributed by atoms with E-state index in [2.05, 4.69) is 19.2 Å². The average molecular weight is 934 g/mol. The number of hydrogen-bond acceptors (Lipinski definition) is 10. The number of phosphoric acid groups is 1. The number of carbonyl (C=O) groups is 1. The topological polar surface area (TPSA) is 206 Å². The fraction of sp³-hybridized carbons (Fsp3) is 0.941. The summed E-state index contributed by atoms with van der Waals surface area (Å²) >= 11 is 0. The van der Waals surface area contributed by atoms with Gasteiger partial charge in [0.15, 0.2) is 0 Å². The van der Waals surface area contributed by atoms with Gasteiger partial charge in [0.2, 0.25) is 5.91 Å². The number of aliphatic hydroxyl groups is 6. The Balaban J connectivity index is 2.26. The Morgan fingerprint density at radius 3 is 1.19 bits per heavy atom. The molecule has 1 fully saturated rings. The first-order valence-corrected chi connectivity index (χ1v) is 28.1. The molecule has 0 aromatic heterocycles. The highest BCUT2D eigenvalue weighted by molar-refractivity contribution is 7.47. The summed E-state index contributed by atoms with van der Waals surface area (Å²) in [4.78, 5) is 23.4. The summed E-state index contributed by atoms with van der Waals surface area (Å²) in [6.45, 7) is 3.84. The van der Waals surface area contributed by atoms with Crippen LogP contribution >= 0.6 is 7.82 Å². The van der Waals surface area contributed by atoms with E-state index >= 15 is 0 Å². The van der Waals surface area contributed by atoms with Crippen molar-refractivity contribution in [2.75, 3.05) is 6.61 Å². The number of hydrogen-bond donors (Lipinski definition) is 8. The Morgan fingerprint density at radius 1 is 0.516 bits per heavy atom. The molecule has 0 radical (unpaired) electrons. The van der Waals surface area contributed by atoms with Gasteiger partial charge in [-0.25, -0.2) is 4.57 Å². The molecule has 1 saturated carbocycles. The third-order valence-electron chi connectivity index (χ3n) is 13.1. The molecule has 9 atom stereocenters. The number of rotatable bonds is 45. The predicted molar refractivity (Wildman–Crippen MR) is 260 cm³/mol. The Morgan fingerprint density at radius 2 is 0.828 bits per heavy atom. The zero-order chi connectivity index (χ0) is 47.1. The molecule has 1 aliphatic rings. The quantitative estimate of drug-likeness (QED) is 0.0164. The van der Waals surface area contributed by atoms with Gasteiger partial charge in [0.05, 0.1) is 18.8 Å². The standard InChI is InChI=1S/C51H100NO11P/c1-3-5-7-9-11-13-15-16-17-18-19-20-21-22-23-24-25-26-27-28-29-30-31-33-35-37-39-41-45(54)52-43(44(53)40-38-36-34-32-14-12-10-8-6-4-2)42-62-64(60,61)63-51-49(58)47(56)46(55)48(57)50(51)59/h38,40,43-44,46-51,53,55-59H,3-37,39,41-42H2,1-2H3,(H,52,54)(H,60,61)/b40-38+/t43-,44+,46?,47+,48?,49?,50?,51?/m0/s1. The van der Waals surface area contributed by atoms with Gasteiger partial charge in [-0.15, -0.1) is 0 Å². The smallest absolute Gasteiger partial charge is 0.387 e. The fourth-order valence-corrected chi connectivity index (χ4v) is 9.70. The van der Waals surface area contributed by atoms with Crippen LogP contribution in [0.25, 0.3) is 0 Å². The summed E-state index contributed by atoms with van der Waals surface area (Å²) in [5.74, 6) is -0.337. The van der Waals surface area contributed by atoms with Crippen molar-refractivity contribution in [2.45, 2.75) is 300 Å². The van der Waals surface area contributed by atoms with Crippen LogP contribution in [0.3, 0.4) is 0 Å². The van der Waals surface area contributed by atoms with Gasteiger partial charge in [-0.1, -0.05) is 238 Å². The summed E-state index contributed by atoms with van der Waals surface area (Å²) in [6, 6.07) is -1.11. The molecule has 0 aromatic carbocycles. The van der Waals surface area contributed by atoms with Gasteiger partial charge in [0, 0.05) is 6.42 Å². The maximum absolute atomic E-state index is 13.0. The van der Waals surface area contributed by atoms with Crippen molar-refractivity contribution < 1.29 is 53.9 Å². The van der Waals surface area contributed by atoms with Crippen LogP contribution in [0, 0.1) is 0 Å². The molecule has 1 amide bonds. The molecule has 0 aliphatic heterocycles. The lowest BCUT2D eigenvalue weighted by molar-refractivity contribution is -0.220. The molecular formula is C51H100NO11P. The van der Waals surface area contributed by atoms with E-state index in [4.69, 9.17) is 9.05 Å². The molecule has 0 aromatic rings. The van der Waals surface area contributed by atoms with Gasteiger partial charge >= 0.3 is 7.82 Å². The number of carbonyl (C=O) groups excluding carboxylic acids is 1. The first-order chi connectivity index (χ1) is 30.9. The van der Waals surface area contributed by atoms with Gasteiger partial charge in [-0.2, -0.15) is 0 Å². The van der Waals surface area contributed by atoms with Crippen molar-refractivity contribution in [3.05, 3.63) is 12.2 Å². The Kier molecular flexibility index (Phi) is 39.2. The minimum Gasteiger partial charge on any atom is -0.387 e. The monoisotopic (exact) mass is 934 g/mol. The fourth-order valence-electron chi connectivity index (χ4n) is 8.73. The highest BCUT2D eigenvalue weighted by Crippen LogP contribution is 2.47. The number of phosphoric ester groups is 1. The van der Waals surface area contributed by atoms with Crippen molar-refractivity contribution in [2.24, 2.45) is 0 Å². The maximum atomic E-state index is 13.0. The number of amides is 1. The lowest BCUT2D eigenvalue weighted by atomic mass is 9.85. The molecule has 1 aliphatic carbocycles. The van der Waals surface area contributed by atoms with Crippen molar-refractivity contribution in [1.82, 2.24) is 5.32 Å². The third kappa shape index (κ3) is 31.9. The Bertz CT molecular complexity index is 1130. The van der Waals surface area contributed by atoms with E-state index < -0.39 is 63.2 Å². The number of aliphatic hydroxyl groups excluding tert-OH is 6. The van der Waals surface area contributed by atoms with Crippen LogP contribution in [0.4, 0.5) is 0 Å². The van der Waals surface area contributed by atoms with E-state index in [1.54, 1.807) is 0 Å². The molecular weight excluding hydrogens is 834 g/mol. The van der Waals surface area contributed by atoms with Crippen LogP contribution in [0.15, 0.2) is 12.2 Å². The summed E-state index contributed by atoms with van der Waals surface area (Å²) in [5.41, 5.74) is 0. The van der Waals surface area contributed by atoms with Crippen molar-refractivity contribution in [3.63, 3.8) is 0 Å². The zero-order valence-corrected chi connectivity index (χ0v) is 41.7. The molecule has 12 nitrogen and oxygen atoms in total. The predicted octanol–water partition coefficient (Wildman–Crippen LogP) is 11.2. The lowest BCUT2D eigenvalue weighted by Crippen LogP contribution is -2.64. The summed E-state index contributed by atoms with van der Waals surface area (Å²) in [7, 11) is -5.07. The van der Waals surface area contributed by atoms with E-state index in [9.17, 15) is 44.9 Å². The summed E-state index contributed by atoms with van der Waals surface area (Å²) in [6.07, 6.45) is 36.0. The average Bonchev–Trinajstić information content (AvgIpc) is 3.28. The van der Waals surface area contributed by atoms with Gasteiger partial charge in [-0.05, 0) is 19.3 Å².